The van der Waals surface area contributed by atoms with Crippen molar-refractivity contribution in [3.05, 3.63) is 0 Å². The van der Waals surface area contributed by atoms with Crippen LogP contribution in [0, 0.1) is 0 Å². The van der Waals surface area contributed by atoms with Gasteiger partial charge in [0.05, 0.1) is 0 Å². The van der Waals surface area contributed by atoms with Gasteiger partial charge in [-0.05, 0) is 6.42 Å². The third-order valence-corrected chi connectivity index (χ3v) is 4.09. The third-order valence-electron chi connectivity index (χ3n) is 4.09. The molecule has 0 aliphatic carbocycles. The molecule has 0 saturated heterocycles. The van der Waals surface area contributed by atoms with E-state index in [0.717, 1.165) is 12.8 Å². The van der Waals surface area contributed by atoms with Crippen LogP contribution in [0.15, 0.2) is 0 Å². The van der Waals surface area contributed by atoms with Gasteiger partial charge in [0, 0.05) is 23.8 Å². The Balaban J connectivity index is -0.00000200. The summed E-state index contributed by atoms with van der Waals surface area (Å²) >= 11 is 0. The molecule has 0 aromatic rings. The van der Waals surface area contributed by atoms with Crippen LogP contribution in [-0.4, -0.2) is 11.2 Å². The molecule has 5 heteroatoms. The maximum Gasteiger partial charge on any atom is 0.342 e. The summed E-state index contributed by atoms with van der Waals surface area (Å²) in [6, 6.07) is 0. The van der Waals surface area contributed by atoms with Crippen molar-refractivity contribution in [2.24, 2.45) is 0 Å². The molecule has 0 amide bonds. The Bertz CT molecular complexity index is 228. The minimum atomic E-state index is -0.510. The van der Waals surface area contributed by atoms with E-state index in [1.54, 1.807) is 0 Å². The number of carbonyl (C=O) groups is 1. The van der Waals surface area contributed by atoms with Crippen LogP contribution in [0.2, 0.25) is 0 Å². The predicted octanol–water partition coefficient (Wildman–Crippen LogP) is 6.68. The molecule has 140 valence electrons. The van der Waals surface area contributed by atoms with E-state index in [4.69, 9.17) is 5.26 Å². The van der Waals surface area contributed by atoms with Gasteiger partial charge >= 0.3 is 5.97 Å². The zero-order valence-corrected chi connectivity index (χ0v) is 17.0. The minimum absolute atomic E-state index is 0. The Kier molecular flexibility index (Phi) is 29.9. The van der Waals surface area contributed by atoms with E-state index in [0.29, 0.717) is 6.42 Å². The smallest absolute Gasteiger partial charge is 0.301 e. The number of rotatable bonds is 16. The molecule has 0 atom stereocenters. The molecule has 0 spiro atoms. The van der Waals surface area contributed by atoms with Crippen molar-refractivity contribution in [1.29, 1.82) is 0 Å². The van der Waals surface area contributed by atoms with Crippen molar-refractivity contribution in [2.45, 2.75) is 110 Å². The van der Waals surface area contributed by atoms with Crippen LogP contribution in [0.25, 0.3) is 0 Å². The molecule has 0 saturated carbocycles. The van der Waals surface area contributed by atoms with Crippen molar-refractivity contribution >= 4 is 18.4 Å². The van der Waals surface area contributed by atoms with E-state index < -0.39 is 5.97 Å². The normalized spacial score (nSPS) is 9.83. The number of hydrogen-bond acceptors (Lipinski definition) is 3. The first kappa shape index (κ1) is 28.1. The molecule has 0 aliphatic rings. The molecular weight excluding hydrogens is 352 g/mol. The van der Waals surface area contributed by atoms with Crippen molar-refractivity contribution in [1.82, 2.24) is 0 Å². The Hall–Kier alpha value is 0.252. The fourth-order valence-electron chi connectivity index (χ4n) is 2.69. The van der Waals surface area contributed by atoms with E-state index in [1.807, 2.05) is 0 Å². The molecule has 3 nitrogen and oxygen atoms in total. The van der Waals surface area contributed by atoms with Gasteiger partial charge in [0.15, 0.2) is 0 Å². The van der Waals surface area contributed by atoms with E-state index in [-0.39, 0.29) is 29.8 Å². The number of unbranched alkanes of at least 4 members (excludes halogenated alkanes) is 14. The molecular formula is C18H37ClCrO3. The zero-order valence-electron chi connectivity index (χ0n) is 14.9. The maximum atomic E-state index is 10.7. The first-order valence-electron chi connectivity index (χ1n) is 9.15. The van der Waals surface area contributed by atoms with Crippen LogP contribution in [0.3, 0.4) is 0 Å². The van der Waals surface area contributed by atoms with E-state index in [1.165, 1.54) is 83.5 Å². The van der Waals surface area contributed by atoms with Crippen LogP contribution in [0.4, 0.5) is 0 Å². The van der Waals surface area contributed by atoms with Crippen molar-refractivity contribution in [3.63, 3.8) is 0 Å². The first-order valence-corrected chi connectivity index (χ1v) is 9.15. The quantitative estimate of drug-likeness (QED) is 0.182. The molecule has 0 aromatic carbocycles. The molecule has 0 unspecified atom stereocenters. The van der Waals surface area contributed by atoms with Crippen LogP contribution >= 0.6 is 12.4 Å². The maximum absolute atomic E-state index is 10.7. The predicted molar refractivity (Wildman–Crippen MR) is 95.5 cm³/mol. The standard InChI is InChI=1S/C18H36O3.ClH.Cr/c1-2-3-4-5-6-7-8-9-10-11-12-13-14-15-16-17-18(19)21-20;;/h20H,2-17H2,1H3;1H;. The van der Waals surface area contributed by atoms with E-state index >= 15 is 0 Å². The van der Waals surface area contributed by atoms with Gasteiger partial charge in [-0.1, -0.05) is 96.8 Å². The van der Waals surface area contributed by atoms with Gasteiger partial charge in [0.2, 0.25) is 0 Å². The molecule has 0 heterocycles. The summed E-state index contributed by atoms with van der Waals surface area (Å²) in [6.45, 7) is 2.27. The van der Waals surface area contributed by atoms with Crippen LogP contribution in [0.5, 0.6) is 0 Å². The molecule has 0 bridgehead atoms. The topological polar surface area (TPSA) is 46.5 Å². The van der Waals surface area contributed by atoms with Gasteiger partial charge in [0.1, 0.15) is 0 Å². The zero-order chi connectivity index (χ0) is 15.6. The number of halogens is 1. The monoisotopic (exact) mass is 388 g/mol. The van der Waals surface area contributed by atoms with Gasteiger partial charge in [-0.2, -0.15) is 5.26 Å². The molecule has 1 N–H and O–H groups in total. The molecule has 23 heavy (non-hydrogen) atoms. The minimum Gasteiger partial charge on any atom is -0.301 e. The summed E-state index contributed by atoms with van der Waals surface area (Å²) in [6.07, 6.45) is 20.0. The van der Waals surface area contributed by atoms with Crippen LogP contribution in [0.1, 0.15) is 110 Å². The molecule has 0 fully saturated rings. The van der Waals surface area contributed by atoms with Gasteiger partial charge in [-0.3, -0.25) is 0 Å². The number of hydrogen-bond donors (Lipinski definition) is 1. The largest absolute Gasteiger partial charge is 0.342 e. The second kappa shape index (κ2) is 24.5. The Morgan fingerprint density at radius 3 is 1.30 bits per heavy atom. The summed E-state index contributed by atoms with van der Waals surface area (Å²) in [4.78, 5) is 14.3. The summed E-state index contributed by atoms with van der Waals surface area (Å²) in [5.74, 6) is -0.510. The molecule has 0 aromatic heterocycles. The molecule has 0 aliphatic heterocycles. The summed E-state index contributed by atoms with van der Waals surface area (Å²) in [5, 5.41) is 8.10. The van der Waals surface area contributed by atoms with Gasteiger partial charge < -0.3 is 4.89 Å². The van der Waals surface area contributed by atoms with Crippen molar-refractivity contribution in [2.75, 3.05) is 0 Å². The van der Waals surface area contributed by atoms with Gasteiger partial charge in [0.25, 0.3) is 0 Å². The number of carbonyl (C=O) groups excluding carboxylic acids is 1. The first-order chi connectivity index (χ1) is 10.3. The van der Waals surface area contributed by atoms with Gasteiger partial charge in [-0.15, -0.1) is 12.4 Å². The van der Waals surface area contributed by atoms with E-state index in [9.17, 15) is 4.79 Å². The second-order valence-electron chi connectivity index (χ2n) is 6.16. The Labute approximate surface area is 160 Å². The average molecular weight is 389 g/mol. The van der Waals surface area contributed by atoms with Gasteiger partial charge in [-0.25, -0.2) is 4.79 Å². The fourth-order valence-corrected chi connectivity index (χ4v) is 2.69. The summed E-state index contributed by atoms with van der Waals surface area (Å²) in [5.41, 5.74) is 0. The fraction of sp³-hybridized carbons (Fsp3) is 0.944. The Morgan fingerprint density at radius 2 is 1.00 bits per heavy atom. The molecule has 0 radical (unpaired) electrons. The second-order valence-corrected chi connectivity index (χ2v) is 6.16. The Morgan fingerprint density at radius 1 is 0.696 bits per heavy atom. The van der Waals surface area contributed by atoms with Crippen LogP contribution in [-0.2, 0) is 27.0 Å². The third kappa shape index (κ3) is 24.6. The SMILES string of the molecule is CCCCCCCCCCCCCCCCCC(=O)OO.Cl.[Cr]. The van der Waals surface area contributed by atoms with Crippen LogP contribution < -0.4 is 0 Å². The molecule has 0 rings (SSSR count). The van der Waals surface area contributed by atoms with E-state index in [2.05, 4.69) is 11.8 Å². The van der Waals surface area contributed by atoms with Crippen molar-refractivity contribution in [3.8, 4) is 0 Å². The summed E-state index contributed by atoms with van der Waals surface area (Å²) < 4.78 is 0. The summed E-state index contributed by atoms with van der Waals surface area (Å²) in [7, 11) is 0. The van der Waals surface area contributed by atoms with Crippen molar-refractivity contribution < 1.29 is 32.3 Å². The average Bonchev–Trinajstić information content (AvgIpc) is 2.50.